The van der Waals surface area contributed by atoms with Gasteiger partial charge >= 0.3 is 46.5 Å². The summed E-state index contributed by atoms with van der Waals surface area (Å²) in [4.78, 5) is 10.5. The van der Waals surface area contributed by atoms with Crippen LogP contribution in [0.3, 0.4) is 0 Å². The summed E-state index contributed by atoms with van der Waals surface area (Å²) in [7, 11) is -37.6. The molecule has 5 rings (SSSR count). The van der Waals surface area contributed by atoms with Gasteiger partial charge in [0.1, 0.15) is 23.0 Å². The van der Waals surface area contributed by atoms with Crippen molar-refractivity contribution in [1.29, 1.82) is 0 Å². The fourth-order valence-electron chi connectivity index (χ4n) is 3.53. The van der Waals surface area contributed by atoms with Gasteiger partial charge in [-0.05, 0) is 48.5 Å². The van der Waals surface area contributed by atoms with E-state index in [1.165, 1.54) is 72.8 Å². The summed E-state index contributed by atoms with van der Waals surface area (Å²) in [5.41, 5.74) is 0. The first-order valence-corrected chi connectivity index (χ1v) is 22.0. The van der Waals surface area contributed by atoms with Gasteiger partial charge < -0.3 is 23.0 Å². The number of hydrogen-bond donors (Lipinski definition) is 1. The van der Waals surface area contributed by atoms with Gasteiger partial charge in [0.15, 0.2) is 0 Å². The van der Waals surface area contributed by atoms with Gasteiger partial charge in [-0.15, -0.1) is 52.3 Å². The van der Waals surface area contributed by atoms with Crippen LogP contribution in [0.1, 0.15) is 0 Å². The van der Waals surface area contributed by atoms with E-state index < -0.39 is 69.5 Å². The van der Waals surface area contributed by atoms with Crippen LogP contribution in [0.15, 0.2) is 148 Å². The second kappa shape index (κ2) is 14.4. The van der Waals surface area contributed by atoms with Crippen molar-refractivity contribution < 1.29 is 52.4 Å². The number of hydrogen-bond acceptors (Lipinski definition) is 10. The molecule has 0 bridgehead atoms. The maximum atomic E-state index is 16.9. The Morgan fingerprint density at radius 3 is 0.958 bits per heavy atom. The molecule has 0 saturated heterocycles. The van der Waals surface area contributed by atoms with Crippen molar-refractivity contribution in [3.8, 4) is 23.0 Å². The van der Waals surface area contributed by atoms with E-state index in [9.17, 15) is 4.89 Å². The molecule has 5 unspecified atom stereocenters. The van der Waals surface area contributed by atoms with Gasteiger partial charge in [-0.3, -0.25) is 0 Å². The Hall–Kier alpha value is -3.07. The molecule has 5 atom stereocenters. The van der Waals surface area contributed by atoms with E-state index in [1.54, 1.807) is 0 Å². The van der Waals surface area contributed by atoms with Crippen LogP contribution in [-0.4, -0.2) is 4.89 Å². The average Bonchev–Trinajstić information content (AvgIpc) is 2.96. The fourth-order valence-corrected chi connectivity index (χ4v) is 15.6. The zero-order valence-corrected chi connectivity index (χ0v) is 29.0. The lowest BCUT2D eigenvalue weighted by Gasteiger charge is -2.21. The molecule has 0 amide bonds. The highest BCUT2D eigenvalue weighted by atomic mass is 31.3. The standard InChI is InChI=1S/C24H21F7N6O5P6/c25-43(26)32-45(28,39-21-13-5-1-6-14-21)34-44(27,38)35-47(30,41-23-17-9-3-10-18-23)37-48(31,42-24-19-11-4-12-20-24)36-46(29,33-43)40-22-15-7-2-8-16-22/h1-20,38H. The van der Waals surface area contributed by atoms with Crippen LogP contribution in [0, 0.1) is 0 Å². The molecule has 48 heavy (non-hydrogen) atoms. The highest BCUT2D eigenvalue weighted by Gasteiger charge is 2.43. The molecule has 0 saturated carbocycles. The molecule has 256 valence electrons. The summed E-state index contributed by atoms with van der Waals surface area (Å²) in [6, 6.07) is 24.7. The Bertz CT molecular complexity index is 2060. The van der Waals surface area contributed by atoms with Crippen LogP contribution in [0.25, 0.3) is 0 Å². The Morgan fingerprint density at radius 2 is 0.625 bits per heavy atom. The fraction of sp³-hybridized carbons (Fsp3) is 0. The van der Waals surface area contributed by atoms with Crippen LogP contribution >= 0.6 is 46.5 Å². The Morgan fingerprint density at radius 1 is 0.354 bits per heavy atom. The van der Waals surface area contributed by atoms with Crippen molar-refractivity contribution in [2.75, 3.05) is 0 Å². The summed E-state index contributed by atoms with van der Waals surface area (Å²) in [6.07, 6.45) is 0. The molecule has 4 aromatic rings. The van der Waals surface area contributed by atoms with E-state index in [0.717, 1.165) is 48.5 Å². The topological polar surface area (TPSA) is 131 Å². The number of rotatable bonds is 8. The molecule has 1 aliphatic rings. The Labute approximate surface area is 270 Å². The maximum Gasteiger partial charge on any atom is 0.443 e. The van der Waals surface area contributed by atoms with Gasteiger partial charge in [-0.25, -0.2) is 0 Å². The zero-order valence-electron chi connectivity index (χ0n) is 23.6. The van der Waals surface area contributed by atoms with Crippen molar-refractivity contribution in [3.63, 3.8) is 0 Å². The monoisotopic (exact) mass is 792 g/mol. The molecule has 0 radical (unpaired) electrons. The molecule has 0 spiro atoms. The van der Waals surface area contributed by atoms with Crippen molar-refractivity contribution in [3.05, 3.63) is 121 Å². The smallest absolute Gasteiger partial charge is 0.419 e. The first-order chi connectivity index (χ1) is 22.6. The molecule has 0 aromatic heterocycles. The van der Waals surface area contributed by atoms with Crippen LogP contribution in [0.4, 0.5) is 29.4 Å². The van der Waals surface area contributed by atoms with Crippen LogP contribution in [0.5, 0.6) is 23.0 Å². The average molecular weight is 792 g/mol. The number of nitrogens with zero attached hydrogens (tertiary/aromatic N) is 6. The molecule has 0 fully saturated rings. The van der Waals surface area contributed by atoms with Gasteiger partial charge in [-0.2, -0.15) is 4.20 Å². The third kappa shape index (κ3) is 10.5. The SMILES string of the molecule is OP1(F)=NP(F)(Oc2ccccc2)=NP(F)(Oc2ccccc2)=NP(F)(Oc2ccccc2)=NP(F)(F)=NP(F)(Oc2ccccc2)=N1. The van der Waals surface area contributed by atoms with Gasteiger partial charge in [0.25, 0.3) is 0 Å². The van der Waals surface area contributed by atoms with E-state index in [-0.39, 0.29) is 0 Å². The Balaban J connectivity index is 1.88. The summed E-state index contributed by atoms with van der Waals surface area (Å²) >= 11 is 0. The lowest BCUT2D eigenvalue weighted by atomic mass is 10.3. The molecule has 1 aliphatic heterocycles. The summed E-state index contributed by atoms with van der Waals surface area (Å²) in [5, 5.41) is 0. The maximum absolute atomic E-state index is 16.9. The first-order valence-electron chi connectivity index (χ1n) is 13.0. The summed E-state index contributed by atoms with van der Waals surface area (Å²) in [6.45, 7) is 0. The normalized spacial score (nSPS) is 30.0. The van der Waals surface area contributed by atoms with E-state index in [4.69, 9.17) is 18.1 Å². The molecule has 24 heteroatoms. The quantitative estimate of drug-likeness (QED) is 0.140. The largest absolute Gasteiger partial charge is 0.443 e. The lowest BCUT2D eigenvalue weighted by molar-refractivity contribution is 0.525. The highest BCUT2D eigenvalue weighted by Crippen LogP contribution is 2.81. The summed E-state index contributed by atoms with van der Waals surface area (Å²) in [5.74, 6) is -2.01. The highest BCUT2D eigenvalue weighted by molar-refractivity contribution is 7.78. The van der Waals surface area contributed by atoms with E-state index in [0.29, 0.717) is 0 Å². The predicted molar refractivity (Wildman–Crippen MR) is 174 cm³/mol. The molecular formula is C24H21F7N6O5P6. The van der Waals surface area contributed by atoms with Crippen LogP contribution in [0.2, 0.25) is 0 Å². The van der Waals surface area contributed by atoms with Gasteiger partial charge in [-0.1, -0.05) is 72.8 Å². The van der Waals surface area contributed by atoms with Gasteiger partial charge in [0, 0.05) is 0 Å². The zero-order chi connectivity index (χ0) is 34.5. The minimum absolute atomic E-state index is 0.475. The molecular weight excluding hydrogens is 771 g/mol. The Kier molecular flexibility index (Phi) is 10.9. The third-order valence-corrected chi connectivity index (χ3v) is 17.6. The van der Waals surface area contributed by atoms with Gasteiger partial charge in [0.05, 0.1) is 0 Å². The molecule has 1 N–H and O–H groups in total. The van der Waals surface area contributed by atoms with E-state index >= 15 is 29.4 Å². The van der Waals surface area contributed by atoms with Crippen molar-refractivity contribution in [2.45, 2.75) is 0 Å². The summed E-state index contributed by atoms with van der Waals surface area (Å²) < 4.78 is 150. The van der Waals surface area contributed by atoms with Crippen LogP contribution < -0.4 is 18.1 Å². The van der Waals surface area contributed by atoms with Gasteiger partial charge in [0.2, 0.25) is 0 Å². The second-order valence-corrected chi connectivity index (χ2v) is 19.7. The molecule has 4 aromatic carbocycles. The van der Waals surface area contributed by atoms with Crippen molar-refractivity contribution >= 4 is 46.5 Å². The molecule has 0 aliphatic carbocycles. The number of benzene rings is 4. The van der Waals surface area contributed by atoms with E-state index in [2.05, 4.69) is 27.1 Å². The third-order valence-electron chi connectivity index (χ3n) is 5.18. The molecule has 11 nitrogen and oxygen atoms in total. The van der Waals surface area contributed by atoms with E-state index in [1.807, 2.05) is 0 Å². The number of para-hydroxylation sites is 4. The minimum Gasteiger partial charge on any atom is -0.419 e. The lowest BCUT2D eigenvalue weighted by Crippen LogP contribution is -1.93. The number of halogens is 7. The first kappa shape index (κ1) is 36.2. The van der Waals surface area contributed by atoms with Crippen LogP contribution in [-0.2, 0) is 0 Å². The minimum atomic E-state index is -6.79. The van der Waals surface area contributed by atoms with Crippen molar-refractivity contribution in [1.82, 2.24) is 0 Å². The predicted octanol–water partition coefficient (Wildman–Crippen LogP) is 14.8. The van der Waals surface area contributed by atoms with Crippen molar-refractivity contribution in [2.24, 2.45) is 27.1 Å². The second-order valence-electron chi connectivity index (χ2n) is 9.00. The molecule has 1 heterocycles.